The van der Waals surface area contributed by atoms with Crippen molar-refractivity contribution in [3.8, 4) is 0 Å². The van der Waals surface area contributed by atoms with Gasteiger partial charge in [-0.25, -0.2) is 0 Å². The summed E-state index contributed by atoms with van der Waals surface area (Å²) in [5.74, 6) is 6.28. The molecule has 0 amide bonds. The van der Waals surface area contributed by atoms with E-state index in [4.69, 9.17) is 10.6 Å². The van der Waals surface area contributed by atoms with Crippen molar-refractivity contribution in [2.75, 3.05) is 13.2 Å². The molecule has 2 unspecified atom stereocenters. The number of hydrazine groups is 1. The van der Waals surface area contributed by atoms with E-state index in [2.05, 4.69) is 36.6 Å². The van der Waals surface area contributed by atoms with Gasteiger partial charge in [0.05, 0.1) is 6.61 Å². The van der Waals surface area contributed by atoms with Gasteiger partial charge in [-0.15, -0.1) is 0 Å². The molecule has 106 valence electrons. The molecule has 0 saturated carbocycles. The van der Waals surface area contributed by atoms with Gasteiger partial charge in [-0.3, -0.25) is 11.3 Å². The summed E-state index contributed by atoms with van der Waals surface area (Å²) in [4.78, 5) is 0. The van der Waals surface area contributed by atoms with Gasteiger partial charge >= 0.3 is 0 Å². The number of ether oxygens (including phenoxy) is 1. The maximum Gasteiger partial charge on any atom is 0.0633 e. The lowest BCUT2D eigenvalue weighted by molar-refractivity contribution is 0.106. The monoisotopic (exact) mass is 262 g/mol. The second-order valence-corrected chi connectivity index (χ2v) is 5.46. The zero-order chi connectivity index (χ0) is 13.5. The second kappa shape index (κ2) is 7.63. The predicted octanol–water partition coefficient (Wildman–Crippen LogP) is 2.76. The highest BCUT2D eigenvalue weighted by atomic mass is 16.5. The molecule has 0 saturated heterocycles. The Bertz CT molecular complexity index is 381. The number of aryl methyl sites for hydroxylation is 1. The molecule has 2 rings (SSSR count). The molecule has 3 heteroatoms. The van der Waals surface area contributed by atoms with Crippen LogP contribution in [0.2, 0.25) is 0 Å². The first-order valence-electron chi connectivity index (χ1n) is 7.46. The first-order valence-corrected chi connectivity index (χ1v) is 7.46. The van der Waals surface area contributed by atoms with Gasteiger partial charge in [-0.1, -0.05) is 31.2 Å². The molecule has 1 aliphatic carbocycles. The van der Waals surface area contributed by atoms with E-state index in [0.29, 0.717) is 12.5 Å². The average Bonchev–Trinajstić information content (AvgIpc) is 2.46. The Morgan fingerprint density at radius 2 is 2.26 bits per heavy atom. The van der Waals surface area contributed by atoms with Gasteiger partial charge in [0.2, 0.25) is 0 Å². The highest BCUT2D eigenvalue weighted by molar-refractivity contribution is 5.32. The minimum absolute atomic E-state index is 0.253. The van der Waals surface area contributed by atoms with Crippen LogP contribution in [0.1, 0.15) is 49.7 Å². The van der Waals surface area contributed by atoms with Crippen molar-refractivity contribution < 1.29 is 4.74 Å². The van der Waals surface area contributed by atoms with E-state index in [1.165, 1.54) is 30.4 Å². The molecule has 3 nitrogen and oxygen atoms in total. The SMILES string of the molecule is CCCOCC(CC1CCCc2ccccc21)NN. The third kappa shape index (κ3) is 4.03. The lowest BCUT2D eigenvalue weighted by atomic mass is 9.80. The van der Waals surface area contributed by atoms with Crippen LogP contribution >= 0.6 is 0 Å². The van der Waals surface area contributed by atoms with E-state index in [1.807, 2.05) is 0 Å². The highest BCUT2D eigenvalue weighted by Gasteiger charge is 2.22. The fraction of sp³-hybridized carbons (Fsp3) is 0.625. The number of hydrogen-bond acceptors (Lipinski definition) is 3. The summed E-state index contributed by atoms with van der Waals surface area (Å²) in [6.07, 6.45) is 5.90. The van der Waals surface area contributed by atoms with Crippen molar-refractivity contribution in [2.45, 2.75) is 51.0 Å². The van der Waals surface area contributed by atoms with E-state index in [9.17, 15) is 0 Å². The smallest absolute Gasteiger partial charge is 0.0633 e. The summed E-state index contributed by atoms with van der Waals surface area (Å²) >= 11 is 0. The minimum atomic E-state index is 0.253. The Morgan fingerprint density at radius 1 is 1.42 bits per heavy atom. The van der Waals surface area contributed by atoms with Crippen LogP contribution in [0, 0.1) is 0 Å². The molecule has 0 aromatic heterocycles. The molecular weight excluding hydrogens is 236 g/mol. The Kier molecular flexibility index (Phi) is 5.83. The molecule has 1 aliphatic rings. The second-order valence-electron chi connectivity index (χ2n) is 5.46. The van der Waals surface area contributed by atoms with Crippen molar-refractivity contribution in [2.24, 2.45) is 5.84 Å². The molecule has 1 aromatic carbocycles. The van der Waals surface area contributed by atoms with Gasteiger partial charge < -0.3 is 4.74 Å². The standard InChI is InChI=1S/C16H26N2O/c1-2-10-19-12-15(18-17)11-14-8-5-7-13-6-3-4-9-16(13)14/h3-4,6,9,14-15,18H,2,5,7-8,10-12,17H2,1H3. The van der Waals surface area contributed by atoms with Crippen molar-refractivity contribution >= 4 is 0 Å². The first kappa shape index (κ1) is 14.5. The molecule has 3 N–H and O–H groups in total. The average molecular weight is 262 g/mol. The van der Waals surface area contributed by atoms with E-state index in [-0.39, 0.29) is 6.04 Å². The molecule has 0 radical (unpaired) electrons. The third-order valence-corrected chi connectivity index (χ3v) is 3.97. The van der Waals surface area contributed by atoms with Gasteiger partial charge in [0, 0.05) is 12.6 Å². The largest absolute Gasteiger partial charge is 0.380 e. The van der Waals surface area contributed by atoms with E-state index < -0.39 is 0 Å². The summed E-state index contributed by atoms with van der Waals surface area (Å²) in [6, 6.07) is 9.09. The molecule has 0 heterocycles. The molecule has 0 fully saturated rings. The van der Waals surface area contributed by atoms with Crippen LogP contribution in [0.15, 0.2) is 24.3 Å². The summed E-state index contributed by atoms with van der Waals surface area (Å²) < 4.78 is 5.62. The summed E-state index contributed by atoms with van der Waals surface area (Å²) in [5.41, 5.74) is 5.95. The van der Waals surface area contributed by atoms with Crippen LogP contribution in [-0.2, 0) is 11.2 Å². The molecule has 0 aliphatic heterocycles. The Hall–Kier alpha value is -0.900. The number of hydrogen-bond donors (Lipinski definition) is 2. The van der Waals surface area contributed by atoms with Crippen LogP contribution in [-0.4, -0.2) is 19.3 Å². The van der Waals surface area contributed by atoms with Gasteiger partial charge in [0.15, 0.2) is 0 Å². The molecule has 0 bridgehead atoms. The maximum absolute atomic E-state index is 5.66. The summed E-state index contributed by atoms with van der Waals surface area (Å²) in [5, 5.41) is 0. The quantitative estimate of drug-likeness (QED) is 0.451. The molecule has 0 spiro atoms. The lowest BCUT2D eigenvalue weighted by Crippen LogP contribution is -2.40. The minimum Gasteiger partial charge on any atom is -0.380 e. The van der Waals surface area contributed by atoms with E-state index in [1.54, 1.807) is 0 Å². The van der Waals surface area contributed by atoms with Crippen LogP contribution < -0.4 is 11.3 Å². The molecule has 1 aromatic rings. The third-order valence-electron chi connectivity index (χ3n) is 3.97. The van der Waals surface area contributed by atoms with Crippen LogP contribution in [0.3, 0.4) is 0 Å². The normalized spacial score (nSPS) is 20.0. The van der Waals surface area contributed by atoms with Crippen LogP contribution in [0.5, 0.6) is 0 Å². The Morgan fingerprint density at radius 3 is 3.05 bits per heavy atom. The molecule has 2 atom stereocenters. The van der Waals surface area contributed by atoms with Crippen molar-refractivity contribution in [1.29, 1.82) is 0 Å². The predicted molar refractivity (Wildman–Crippen MR) is 79.0 cm³/mol. The summed E-state index contributed by atoms with van der Waals surface area (Å²) in [6.45, 7) is 3.66. The molecule has 19 heavy (non-hydrogen) atoms. The van der Waals surface area contributed by atoms with Crippen LogP contribution in [0.25, 0.3) is 0 Å². The highest BCUT2D eigenvalue weighted by Crippen LogP contribution is 2.34. The zero-order valence-electron chi connectivity index (χ0n) is 11.9. The topological polar surface area (TPSA) is 47.3 Å². The summed E-state index contributed by atoms with van der Waals surface area (Å²) in [7, 11) is 0. The number of benzene rings is 1. The first-order chi connectivity index (χ1) is 9.35. The van der Waals surface area contributed by atoms with Crippen molar-refractivity contribution in [1.82, 2.24) is 5.43 Å². The lowest BCUT2D eigenvalue weighted by Gasteiger charge is -2.28. The van der Waals surface area contributed by atoms with E-state index in [0.717, 1.165) is 19.4 Å². The Labute approximate surface area is 116 Å². The number of fused-ring (bicyclic) bond motifs is 1. The number of nitrogens with one attached hydrogen (secondary N) is 1. The fourth-order valence-electron chi connectivity index (χ4n) is 3.00. The fourth-order valence-corrected chi connectivity index (χ4v) is 3.00. The van der Waals surface area contributed by atoms with Crippen molar-refractivity contribution in [3.05, 3.63) is 35.4 Å². The number of nitrogens with two attached hydrogens (primary N) is 1. The number of rotatable bonds is 7. The van der Waals surface area contributed by atoms with Crippen molar-refractivity contribution in [3.63, 3.8) is 0 Å². The van der Waals surface area contributed by atoms with Gasteiger partial charge in [0.1, 0.15) is 0 Å². The van der Waals surface area contributed by atoms with Gasteiger partial charge in [-0.2, -0.15) is 0 Å². The zero-order valence-corrected chi connectivity index (χ0v) is 11.9. The Balaban J connectivity index is 1.94. The van der Waals surface area contributed by atoms with Gasteiger partial charge in [0.25, 0.3) is 0 Å². The molecular formula is C16H26N2O. The van der Waals surface area contributed by atoms with Crippen LogP contribution in [0.4, 0.5) is 0 Å². The maximum atomic E-state index is 5.66. The van der Waals surface area contributed by atoms with E-state index >= 15 is 0 Å². The van der Waals surface area contributed by atoms with Gasteiger partial charge in [-0.05, 0) is 49.1 Å².